The summed E-state index contributed by atoms with van der Waals surface area (Å²) in [7, 11) is 0. The van der Waals surface area contributed by atoms with E-state index in [1.165, 1.54) is 11.1 Å². The van der Waals surface area contributed by atoms with E-state index in [-0.39, 0.29) is 17.9 Å². The molecule has 4 atom stereocenters. The number of likely N-dealkylation sites (tertiary alicyclic amines) is 1. The van der Waals surface area contributed by atoms with Crippen LogP contribution in [0.15, 0.2) is 24.3 Å². The molecule has 2 unspecified atom stereocenters. The van der Waals surface area contributed by atoms with Crippen molar-refractivity contribution < 1.29 is 27.9 Å². The van der Waals surface area contributed by atoms with Gasteiger partial charge in [0.1, 0.15) is 0 Å². The summed E-state index contributed by atoms with van der Waals surface area (Å²) in [4.78, 5) is 25.0. The number of aliphatic carboxylic acids is 1. The molecule has 2 amide bonds. The molecule has 152 valence electrons. The molecule has 2 aliphatic carbocycles. The first-order chi connectivity index (χ1) is 13.2. The summed E-state index contributed by atoms with van der Waals surface area (Å²) < 4.78 is 39.6. The number of rotatable bonds is 2. The third-order valence-electron chi connectivity index (χ3n) is 6.64. The summed E-state index contributed by atoms with van der Waals surface area (Å²) in [5.41, 5.74) is 2.55. The maximum atomic E-state index is 13.2. The molecule has 0 aromatic heterocycles. The van der Waals surface area contributed by atoms with Crippen LogP contribution in [-0.2, 0) is 17.6 Å². The third-order valence-corrected chi connectivity index (χ3v) is 6.64. The summed E-state index contributed by atoms with van der Waals surface area (Å²) in [6.45, 7) is -1.01. The van der Waals surface area contributed by atoms with Gasteiger partial charge in [0.25, 0.3) is 0 Å². The van der Waals surface area contributed by atoms with Crippen molar-refractivity contribution in [2.45, 2.75) is 37.9 Å². The Kier molecular flexibility index (Phi) is 4.75. The number of hydrogen-bond acceptors (Lipinski definition) is 2. The fourth-order valence-corrected chi connectivity index (χ4v) is 5.17. The Bertz CT molecular complexity index is 749. The zero-order valence-corrected chi connectivity index (χ0v) is 15.3. The first-order valence-corrected chi connectivity index (χ1v) is 9.65. The minimum absolute atomic E-state index is 0.0897. The van der Waals surface area contributed by atoms with Crippen molar-refractivity contribution in [3.63, 3.8) is 0 Å². The van der Waals surface area contributed by atoms with Crippen LogP contribution in [0.4, 0.5) is 18.0 Å². The van der Waals surface area contributed by atoms with Crippen molar-refractivity contribution in [2.24, 2.45) is 23.7 Å². The van der Waals surface area contributed by atoms with Crippen LogP contribution in [0.25, 0.3) is 0 Å². The first kappa shape index (κ1) is 19.1. The number of carbonyl (C=O) groups excluding carboxylic acids is 1. The maximum absolute atomic E-state index is 13.2. The molecule has 2 fully saturated rings. The van der Waals surface area contributed by atoms with Crippen LogP contribution < -0.4 is 5.32 Å². The van der Waals surface area contributed by atoms with Gasteiger partial charge in [-0.15, -0.1) is 0 Å². The predicted molar refractivity (Wildman–Crippen MR) is 94.6 cm³/mol. The van der Waals surface area contributed by atoms with E-state index in [1.54, 1.807) is 0 Å². The lowest BCUT2D eigenvalue weighted by molar-refractivity contribution is -0.187. The van der Waals surface area contributed by atoms with Gasteiger partial charge in [0, 0.05) is 19.1 Å². The quantitative estimate of drug-likeness (QED) is 0.807. The number of alkyl halides is 3. The number of fused-ring (bicyclic) bond motifs is 3. The summed E-state index contributed by atoms with van der Waals surface area (Å²) in [6.07, 6.45) is -0.984. The highest BCUT2D eigenvalue weighted by molar-refractivity contribution is 5.78. The summed E-state index contributed by atoms with van der Waals surface area (Å²) in [6, 6.07) is 7.53. The number of nitrogens with zero attached hydrogens (tertiary/aromatic N) is 1. The van der Waals surface area contributed by atoms with Gasteiger partial charge in [-0.1, -0.05) is 24.3 Å². The van der Waals surface area contributed by atoms with Gasteiger partial charge < -0.3 is 15.3 Å². The average molecular weight is 396 g/mol. The molecule has 1 saturated heterocycles. The Morgan fingerprint density at radius 3 is 2.07 bits per heavy atom. The fraction of sp³-hybridized carbons (Fsp3) is 0.600. The molecule has 2 bridgehead atoms. The highest BCUT2D eigenvalue weighted by Crippen LogP contribution is 2.41. The van der Waals surface area contributed by atoms with Crippen molar-refractivity contribution in [1.29, 1.82) is 0 Å². The van der Waals surface area contributed by atoms with Crippen LogP contribution in [0, 0.1) is 23.7 Å². The van der Waals surface area contributed by atoms with Crippen molar-refractivity contribution in [1.82, 2.24) is 10.2 Å². The smallest absolute Gasteiger partial charge is 0.394 e. The van der Waals surface area contributed by atoms with Crippen molar-refractivity contribution >= 4 is 12.0 Å². The maximum Gasteiger partial charge on any atom is 0.394 e. The monoisotopic (exact) mass is 396 g/mol. The van der Waals surface area contributed by atoms with E-state index in [0.717, 1.165) is 30.6 Å². The molecule has 2 N–H and O–H groups in total. The van der Waals surface area contributed by atoms with Crippen LogP contribution in [0.1, 0.15) is 24.0 Å². The number of urea groups is 1. The molecular formula is C20H23F3N2O3. The van der Waals surface area contributed by atoms with E-state index in [9.17, 15) is 22.8 Å². The molecule has 4 rings (SSSR count). The van der Waals surface area contributed by atoms with Gasteiger partial charge in [-0.3, -0.25) is 4.79 Å². The second kappa shape index (κ2) is 6.97. The molecule has 5 nitrogen and oxygen atoms in total. The number of hydrogen-bond donors (Lipinski definition) is 2. The molecule has 0 spiro atoms. The number of halogens is 3. The second-order valence-corrected chi connectivity index (χ2v) is 8.25. The van der Waals surface area contributed by atoms with E-state index in [4.69, 9.17) is 5.11 Å². The standard InChI is InChI=1S/C20H23F3N2O3/c21-20(22,23)16-10-25(9-15(16)18(26)27)19(28)24-17-13-5-6-14(17)8-12-4-2-1-3-11(12)7-13/h1-4,13-17H,5-10H2,(H,24,28)(H,26,27)/t13?,14?,15-,16-,17?/m1/s1. The molecule has 1 aliphatic heterocycles. The largest absolute Gasteiger partial charge is 0.481 e. The van der Waals surface area contributed by atoms with Crippen LogP contribution in [-0.4, -0.2) is 47.3 Å². The lowest BCUT2D eigenvalue weighted by Crippen LogP contribution is -2.48. The molecule has 1 heterocycles. The van der Waals surface area contributed by atoms with Crippen molar-refractivity contribution in [3.05, 3.63) is 35.4 Å². The molecular weight excluding hydrogens is 373 g/mol. The summed E-state index contributed by atoms with van der Waals surface area (Å²) >= 11 is 0. The normalized spacial score (nSPS) is 32.0. The Labute approximate surface area is 160 Å². The van der Waals surface area contributed by atoms with Gasteiger partial charge in [0.05, 0.1) is 11.8 Å². The predicted octanol–water partition coefficient (Wildman–Crippen LogP) is 3.08. The number of nitrogens with one attached hydrogen (secondary N) is 1. The SMILES string of the molecule is O=C(O)[C@@H]1CN(C(=O)NC2C3CCC2Cc2ccccc2C3)C[C@H]1C(F)(F)F. The van der Waals surface area contributed by atoms with Gasteiger partial charge in [0.2, 0.25) is 0 Å². The van der Waals surface area contributed by atoms with Crippen molar-refractivity contribution in [3.8, 4) is 0 Å². The van der Waals surface area contributed by atoms with E-state index in [2.05, 4.69) is 17.4 Å². The number of carbonyl (C=O) groups is 2. The first-order valence-electron chi connectivity index (χ1n) is 9.65. The molecule has 1 aromatic carbocycles. The molecule has 1 saturated carbocycles. The second-order valence-electron chi connectivity index (χ2n) is 8.25. The molecule has 0 radical (unpaired) electrons. The molecule has 1 aromatic rings. The van der Waals surface area contributed by atoms with E-state index in [0.29, 0.717) is 0 Å². The van der Waals surface area contributed by atoms with Gasteiger partial charge >= 0.3 is 18.2 Å². The minimum Gasteiger partial charge on any atom is -0.481 e. The molecule has 3 aliphatic rings. The average Bonchev–Trinajstić information content (AvgIpc) is 3.17. The lowest BCUT2D eigenvalue weighted by Gasteiger charge is -2.27. The highest BCUT2D eigenvalue weighted by atomic mass is 19.4. The number of benzene rings is 1. The zero-order chi connectivity index (χ0) is 20.1. The topological polar surface area (TPSA) is 69.6 Å². The zero-order valence-electron chi connectivity index (χ0n) is 15.3. The van der Waals surface area contributed by atoms with E-state index in [1.807, 2.05) is 12.1 Å². The van der Waals surface area contributed by atoms with Gasteiger partial charge in [-0.05, 0) is 48.6 Å². The van der Waals surface area contributed by atoms with Crippen LogP contribution in [0.5, 0.6) is 0 Å². The van der Waals surface area contributed by atoms with Gasteiger partial charge in [0.15, 0.2) is 0 Å². The van der Waals surface area contributed by atoms with Gasteiger partial charge in [-0.25, -0.2) is 4.79 Å². The minimum atomic E-state index is -4.64. The summed E-state index contributed by atoms with van der Waals surface area (Å²) in [5, 5.41) is 12.1. The fourth-order valence-electron chi connectivity index (χ4n) is 5.17. The summed E-state index contributed by atoms with van der Waals surface area (Å²) in [5.74, 6) is -4.63. The highest BCUT2D eigenvalue weighted by Gasteiger charge is 2.54. The van der Waals surface area contributed by atoms with Crippen LogP contribution >= 0.6 is 0 Å². The van der Waals surface area contributed by atoms with E-state index >= 15 is 0 Å². The molecule has 8 heteroatoms. The van der Waals surface area contributed by atoms with Crippen LogP contribution in [0.2, 0.25) is 0 Å². The Morgan fingerprint density at radius 2 is 1.61 bits per heavy atom. The third kappa shape index (κ3) is 3.44. The Hall–Kier alpha value is -2.25. The molecule has 28 heavy (non-hydrogen) atoms. The Morgan fingerprint density at radius 1 is 1.04 bits per heavy atom. The van der Waals surface area contributed by atoms with Crippen LogP contribution in [0.3, 0.4) is 0 Å². The number of amides is 2. The number of carboxylic acid groups (broad SMARTS) is 1. The van der Waals surface area contributed by atoms with Crippen molar-refractivity contribution in [2.75, 3.05) is 13.1 Å². The Balaban J connectivity index is 1.47. The lowest BCUT2D eigenvalue weighted by atomic mass is 9.94. The van der Waals surface area contributed by atoms with Gasteiger partial charge in [-0.2, -0.15) is 13.2 Å². The number of carboxylic acids is 1. The van der Waals surface area contributed by atoms with E-state index < -0.39 is 43.1 Å².